The molecule has 0 bridgehead atoms. The number of fused-ring (bicyclic) bond motifs is 1. The number of aromatic nitrogens is 6. The summed E-state index contributed by atoms with van der Waals surface area (Å²) in [7, 11) is 1.90. The van der Waals surface area contributed by atoms with Crippen molar-refractivity contribution in [2.24, 2.45) is 7.05 Å². The van der Waals surface area contributed by atoms with E-state index in [2.05, 4.69) is 30.0 Å². The molecule has 0 aromatic carbocycles. The highest BCUT2D eigenvalue weighted by Crippen LogP contribution is 2.30. The molecule has 4 aromatic rings. The van der Waals surface area contributed by atoms with Gasteiger partial charge in [-0.1, -0.05) is 0 Å². The van der Waals surface area contributed by atoms with Gasteiger partial charge in [-0.2, -0.15) is 14.5 Å². The van der Waals surface area contributed by atoms with E-state index in [1.54, 1.807) is 11.6 Å². The van der Waals surface area contributed by atoms with Crippen LogP contribution < -0.4 is 16.0 Å². The Labute approximate surface area is 195 Å². The topological polar surface area (TPSA) is 115 Å². The van der Waals surface area contributed by atoms with E-state index < -0.39 is 0 Å². The molecule has 0 saturated heterocycles. The minimum absolute atomic E-state index is 0.0345. The van der Waals surface area contributed by atoms with Gasteiger partial charge in [-0.15, -0.1) is 0 Å². The maximum absolute atomic E-state index is 11.4. The fraction of sp³-hybridized carbons (Fsp3) is 0.409. The lowest BCUT2D eigenvalue weighted by atomic mass is 9.91. The third-order valence-corrected chi connectivity index (χ3v) is 6.64. The van der Waals surface area contributed by atoms with Gasteiger partial charge in [0.15, 0.2) is 5.82 Å². The molecule has 33 heavy (non-hydrogen) atoms. The number of nitrogens with one attached hydrogen (secondary N) is 3. The molecule has 1 aliphatic carbocycles. The monoisotopic (exact) mass is 465 g/mol. The Bertz CT molecular complexity index is 1280. The van der Waals surface area contributed by atoms with Crippen molar-refractivity contribution in [1.29, 1.82) is 0 Å². The number of rotatable bonds is 6. The second kappa shape index (κ2) is 8.81. The summed E-state index contributed by atoms with van der Waals surface area (Å²) >= 11 is 1.39. The molecular formula is C22H27N9OS. The average molecular weight is 466 g/mol. The fourth-order valence-corrected chi connectivity index (χ4v) is 5.00. The van der Waals surface area contributed by atoms with Gasteiger partial charge in [-0.25, -0.2) is 4.98 Å². The molecule has 11 heteroatoms. The van der Waals surface area contributed by atoms with Gasteiger partial charge in [-0.05, 0) is 56.3 Å². The lowest BCUT2D eigenvalue weighted by molar-refractivity contribution is -0.119. The molecule has 3 N–H and O–H groups in total. The van der Waals surface area contributed by atoms with Crippen molar-refractivity contribution in [3.8, 4) is 5.69 Å². The quantitative estimate of drug-likeness (QED) is 0.399. The standard InChI is InChI=1S/C22H27N9OS/c1-13-10-19(33-29-13)27-22-26-18-8-9-31(17-11-23-30(3)12-17)20(18)21(28-22)25-16-6-4-15(5-7-16)24-14(2)32/h8-12,15-16H,4-7H2,1-3H3,(H,24,32)(H2,25,26,27,28). The van der Waals surface area contributed by atoms with Gasteiger partial charge in [-0.3, -0.25) is 9.48 Å². The van der Waals surface area contributed by atoms with Crippen LogP contribution in [0.2, 0.25) is 0 Å². The summed E-state index contributed by atoms with van der Waals surface area (Å²) in [5.74, 6) is 1.34. The molecular weight excluding hydrogens is 438 g/mol. The maximum atomic E-state index is 11.4. The molecule has 10 nitrogen and oxygen atoms in total. The van der Waals surface area contributed by atoms with E-state index in [9.17, 15) is 4.79 Å². The predicted octanol–water partition coefficient (Wildman–Crippen LogP) is 3.52. The van der Waals surface area contributed by atoms with Gasteiger partial charge in [0.05, 0.1) is 23.1 Å². The number of nitrogens with zero attached hydrogens (tertiary/aromatic N) is 6. The Morgan fingerprint density at radius 3 is 2.64 bits per heavy atom. The first-order chi connectivity index (χ1) is 15.9. The van der Waals surface area contributed by atoms with E-state index in [4.69, 9.17) is 9.97 Å². The highest BCUT2D eigenvalue weighted by molar-refractivity contribution is 7.10. The number of aryl methyl sites for hydroxylation is 2. The van der Waals surface area contributed by atoms with E-state index >= 15 is 0 Å². The van der Waals surface area contributed by atoms with E-state index in [1.807, 2.05) is 44.7 Å². The van der Waals surface area contributed by atoms with Crippen LogP contribution in [0.3, 0.4) is 0 Å². The Morgan fingerprint density at radius 2 is 1.97 bits per heavy atom. The largest absolute Gasteiger partial charge is 0.365 e. The third-order valence-electron chi connectivity index (χ3n) is 5.84. The van der Waals surface area contributed by atoms with Crippen LogP contribution in [0.5, 0.6) is 0 Å². The lowest BCUT2D eigenvalue weighted by Gasteiger charge is -2.30. The zero-order chi connectivity index (χ0) is 22.9. The van der Waals surface area contributed by atoms with Crippen molar-refractivity contribution in [1.82, 2.24) is 34.0 Å². The molecule has 0 unspecified atom stereocenters. The summed E-state index contributed by atoms with van der Waals surface area (Å²) in [6, 6.07) is 4.49. The lowest BCUT2D eigenvalue weighted by Crippen LogP contribution is -2.39. The molecule has 4 heterocycles. The van der Waals surface area contributed by atoms with E-state index in [0.717, 1.165) is 58.9 Å². The summed E-state index contributed by atoms with van der Waals surface area (Å²) in [5, 5.41) is 15.2. The summed E-state index contributed by atoms with van der Waals surface area (Å²) in [6.45, 7) is 3.54. The second-order valence-corrected chi connectivity index (χ2v) is 9.34. The van der Waals surface area contributed by atoms with Crippen molar-refractivity contribution in [2.75, 3.05) is 10.6 Å². The molecule has 0 aliphatic heterocycles. The highest BCUT2D eigenvalue weighted by atomic mass is 32.1. The SMILES string of the molecule is CC(=O)NC1CCC(Nc2nc(Nc3cc(C)ns3)nc3ccn(-c4cnn(C)c4)c23)CC1. The van der Waals surface area contributed by atoms with Crippen molar-refractivity contribution in [2.45, 2.75) is 51.6 Å². The minimum Gasteiger partial charge on any atom is -0.365 e. The Balaban J connectivity index is 1.47. The minimum atomic E-state index is 0.0345. The number of hydrogen-bond acceptors (Lipinski definition) is 8. The first-order valence-electron chi connectivity index (χ1n) is 11.1. The van der Waals surface area contributed by atoms with Crippen molar-refractivity contribution >= 4 is 45.2 Å². The number of hydrogen-bond donors (Lipinski definition) is 3. The normalized spacial score (nSPS) is 18.4. The molecule has 5 rings (SSSR count). The molecule has 0 radical (unpaired) electrons. The van der Waals surface area contributed by atoms with E-state index in [0.29, 0.717) is 5.95 Å². The van der Waals surface area contributed by atoms with E-state index in [-0.39, 0.29) is 18.0 Å². The number of carbonyl (C=O) groups excluding carboxylic acids is 1. The summed E-state index contributed by atoms with van der Waals surface area (Å²) < 4.78 is 8.17. The van der Waals surface area contributed by atoms with Gasteiger partial charge in [0.2, 0.25) is 11.9 Å². The van der Waals surface area contributed by atoms with Gasteiger partial charge >= 0.3 is 0 Å². The van der Waals surface area contributed by atoms with Crippen LogP contribution in [0.1, 0.15) is 38.3 Å². The molecule has 4 aromatic heterocycles. The molecule has 0 spiro atoms. The first kappa shape index (κ1) is 21.4. The van der Waals surface area contributed by atoms with Crippen LogP contribution in [-0.4, -0.2) is 46.7 Å². The van der Waals surface area contributed by atoms with Crippen molar-refractivity contribution in [3.05, 3.63) is 36.4 Å². The van der Waals surface area contributed by atoms with Crippen molar-refractivity contribution in [3.63, 3.8) is 0 Å². The summed E-state index contributed by atoms with van der Waals surface area (Å²) in [6.07, 6.45) is 9.60. The van der Waals surface area contributed by atoms with Gasteiger partial charge < -0.3 is 20.5 Å². The van der Waals surface area contributed by atoms with Gasteiger partial charge in [0.25, 0.3) is 0 Å². The number of anilines is 3. The zero-order valence-corrected chi connectivity index (χ0v) is 19.7. The summed E-state index contributed by atoms with van der Waals surface area (Å²) in [5.41, 5.74) is 3.66. The van der Waals surface area contributed by atoms with Crippen molar-refractivity contribution < 1.29 is 4.79 Å². The van der Waals surface area contributed by atoms with E-state index in [1.165, 1.54) is 11.5 Å². The average Bonchev–Trinajstić information content (AvgIpc) is 3.49. The Hall–Kier alpha value is -3.47. The molecule has 1 amide bonds. The maximum Gasteiger partial charge on any atom is 0.230 e. The second-order valence-electron chi connectivity index (χ2n) is 8.54. The van der Waals surface area contributed by atoms with Crippen LogP contribution in [-0.2, 0) is 11.8 Å². The molecule has 0 atom stereocenters. The number of carbonyl (C=O) groups is 1. The van der Waals surface area contributed by atoms with Gasteiger partial charge in [0, 0.05) is 38.4 Å². The summed E-state index contributed by atoms with van der Waals surface area (Å²) in [4.78, 5) is 21.0. The van der Waals surface area contributed by atoms with Gasteiger partial charge in [0.1, 0.15) is 10.5 Å². The molecule has 1 aliphatic rings. The van der Waals surface area contributed by atoms with Crippen LogP contribution in [0.25, 0.3) is 16.7 Å². The Kier molecular flexibility index (Phi) is 5.71. The highest BCUT2D eigenvalue weighted by Gasteiger charge is 2.24. The molecule has 172 valence electrons. The van der Waals surface area contributed by atoms with Crippen LogP contribution in [0, 0.1) is 6.92 Å². The van der Waals surface area contributed by atoms with Crippen LogP contribution in [0.15, 0.2) is 30.7 Å². The predicted molar refractivity (Wildman–Crippen MR) is 129 cm³/mol. The molecule has 1 fully saturated rings. The van der Waals surface area contributed by atoms with Crippen LogP contribution >= 0.6 is 11.5 Å². The molecule has 1 saturated carbocycles. The fourth-order valence-electron chi connectivity index (χ4n) is 4.35. The van der Waals surface area contributed by atoms with Crippen LogP contribution in [0.4, 0.5) is 16.8 Å². The first-order valence-corrected chi connectivity index (χ1v) is 11.8. The number of amides is 1. The third kappa shape index (κ3) is 4.68. The smallest absolute Gasteiger partial charge is 0.230 e. The zero-order valence-electron chi connectivity index (χ0n) is 18.9. The Morgan fingerprint density at radius 1 is 1.18 bits per heavy atom.